The molecule has 0 aliphatic rings. The Labute approximate surface area is 146 Å². The van der Waals surface area contributed by atoms with Crippen LogP contribution in [0, 0.1) is 0 Å². The van der Waals surface area contributed by atoms with Crippen molar-refractivity contribution in [1.29, 1.82) is 0 Å². The molecule has 6 heteroatoms. The number of hydrogen-bond donors (Lipinski definition) is 1. The van der Waals surface area contributed by atoms with Crippen LogP contribution in [-0.4, -0.2) is 34.4 Å². The normalized spacial score (nSPS) is 10.4. The van der Waals surface area contributed by atoms with Crippen LogP contribution >= 0.6 is 0 Å². The van der Waals surface area contributed by atoms with Gasteiger partial charge in [-0.3, -0.25) is 9.78 Å². The summed E-state index contributed by atoms with van der Waals surface area (Å²) >= 11 is 0. The first-order chi connectivity index (χ1) is 12.2. The van der Waals surface area contributed by atoms with E-state index >= 15 is 0 Å². The number of hydrogen-bond acceptors (Lipinski definition) is 5. The van der Waals surface area contributed by atoms with Crippen LogP contribution in [0.2, 0.25) is 0 Å². The SMILES string of the molecule is CN(CCc1ccncc1)C(=O)c1ccnc(NCc2ccco2)c1. The molecule has 0 aliphatic heterocycles. The van der Waals surface area contributed by atoms with Gasteiger partial charge in [0.25, 0.3) is 5.91 Å². The fraction of sp³-hybridized carbons (Fsp3) is 0.211. The Hall–Kier alpha value is -3.15. The molecule has 0 spiro atoms. The second kappa shape index (κ2) is 8.10. The van der Waals surface area contributed by atoms with Crippen molar-refractivity contribution in [1.82, 2.24) is 14.9 Å². The van der Waals surface area contributed by atoms with Crippen LogP contribution in [-0.2, 0) is 13.0 Å². The third-order valence-corrected chi connectivity index (χ3v) is 3.86. The molecule has 128 valence electrons. The van der Waals surface area contributed by atoms with E-state index in [1.807, 2.05) is 24.3 Å². The maximum Gasteiger partial charge on any atom is 0.253 e. The smallest absolute Gasteiger partial charge is 0.253 e. The van der Waals surface area contributed by atoms with Crippen LogP contribution < -0.4 is 5.32 Å². The number of carbonyl (C=O) groups excluding carboxylic acids is 1. The van der Waals surface area contributed by atoms with E-state index in [1.165, 1.54) is 0 Å². The molecule has 0 radical (unpaired) electrons. The molecule has 0 aliphatic carbocycles. The third-order valence-electron chi connectivity index (χ3n) is 3.86. The van der Waals surface area contributed by atoms with E-state index in [1.54, 1.807) is 48.9 Å². The van der Waals surface area contributed by atoms with Crippen molar-refractivity contribution in [2.45, 2.75) is 13.0 Å². The van der Waals surface area contributed by atoms with Crippen molar-refractivity contribution in [3.63, 3.8) is 0 Å². The summed E-state index contributed by atoms with van der Waals surface area (Å²) in [6.07, 6.45) is 7.57. The number of amides is 1. The second-order valence-electron chi connectivity index (χ2n) is 5.69. The van der Waals surface area contributed by atoms with Crippen molar-refractivity contribution < 1.29 is 9.21 Å². The molecular weight excluding hydrogens is 316 g/mol. The number of pyridine rings is 2. The minimum Gasteiger partial charge on any atom is -0.467 e. The molecule has 3 rings (SSSR count). The van der Waals surface area contributed by atoms with Gasteiger partial charge >= 0.3 is 0 Å². The first kappa shape index (κ1) is 16.7. The fourth-order valence-corrected chi connectivity index (χ4v) is 2.42. The Bertz CT molecular complexity index is 803. The Morgan fingerprint density at radius 2 is 2.04 bits per heavy atom. The summed E-state index contributed by atoms with van der Waals surface area (Å²) in [5.41, 5.74) is 1.76. The first-order valence-electron chi connectivity index (χ1n) is 8.09. The topological polar surface area (TPSA) is 71.3 Å². The lowest BCUT2D eigenvalue weighted by atomic mass is 10.2. The van der Waals surface area contributed by atoms with Crippen molar-refractivity contribution in [2.75, 3.05) is 18.9 Å². The Kier molecular flexibility index (Phi) is 5.41. The average Bonchev–Trinajstić information content (AvgIpc) is 3.18. The van der Waals surface area contributed by atoms with Gasteiger partial charge in [0.15, 0.2) is 0 Å². The Balaban J connectivity index is 1.58. The van der Waals surface area contributed by atoms with Gasteiger partial charge in [0.2, 0.25) is 0 Å². The Morgan fingerprint density at radius 3 is 2.80 bits per heavy atom. The molecule has 3 aromatic rings. The van der Waals surface area contributed by atoms with E-state index in [0.29, 0.717) is 24.5 Å². The summed E-state index contributed by atoms with van der Waals surface area (Å²) in [5, 5.41) is 3.16. The molecule has 0 atom stereocenters. The highest BCUT2D eigenvalue weighted by Crippen LogP contribution is 2.11. The van der Waals surface area contributed by atoms with Gasteiger partial charge in [-0.05, 0) is 48.4 Å². The zero-order valence-electron chi connectivity index (χ0n) is 14.1. The standard InChI is InChI=1S/C19H20N4O2/c1-23(11-7-15-4-8-20-9-5-15)19(24)16-6-10-21-18(13-16)22-14-17-3-2-12-25-17/h2-6,8-10,12-13H,7,11,14H2,1H3,(H,21,22). The van der Waals surface area contributed by atoms with Gasteiger partial charge in [0.1, 0.15) is 11.6 Å². The fourth-order valence-electron chi connectivity index (χ4n) is 2.42. The Morgan fingerprint density at radius 1 is 1.20 bits per heavy atom. The maximum absolute atomic E-state index is 12.6. The highest BCUT2D eigenvalue weighted by Gasteiger charge is 2.12. The van der Waals surface area contributed by atoms with Gasteiger partial charge in [0, 0.05) is 37.7 Å². The van der Waals surface area contributed by atoms with Crippen molar-refractivity contribution in [3.05, 3.63) is 78.1 Å². The number of anilines is 1. The quantitative estimate of drug-likeness (QED) is 0.718. The summed E-state index contributed by atoms with van der Waals surface area (Å²) in [6.45, 7) is 1.16. The van der Waals surface area contributed by atoms with Crippen LogP contribution in [0.5, 0.6) is 0 Å². The van der Waals surface area contributed by atoms with E-state index in [2.05, 4.69) is 15.3 Å². The van der Waals surface area contributed by atoms with E-state index in [0.717, 1.165) is 17.7 Å². The summed E-state index contributed by atoms with van der Waals surface area (Å²) in [7, 11) is 1.81. The van der Waals surface area contributed by atoms with Crippen molar-refractivity contribution >= 4 is 11.7 Å². The molecule has 6 nitrogen and oxygen atoms in total. The van der Waals surface area contributed by atoms with Gasteiger partial charge in [-0.1, -0.05) is 0 Å². The lowest BCUT2D eigenvalue weighted by Crippen LogP contribution is -2.29. The molecule has 25 heavy (non-hydrogen) atoms. The number of carbonyl (C=O) groups is 1. The molecule has 3 heterocycles. The maximum atomic E-state index is 12.6. The highest BCUT2D eigenvalue weighted by molar-refractivity contribution is 5.94. The lowest BCUT2D eigenvalue weighted by molar-refractivity contribution is 0.0796. The van der Waals surface area contributed by atoms with Gasteiger partial charge in [-0.25, -0.2) is 4.98 Å². The van der Waals surface area contributed by atoms with Crippen LogP contribution in [0.25, 0.3) is 0 Å². The molecule has 0 unspecified atom stereocenters. The number of furan rings is 1. The van der Waals surface area contributed by atoms with Crippen LogP contribution in [0.15, 0.2) is 65.7 Å². The predicted molar refractivity (Wildman–Crippen MR) is 95.2 cm³/mol. The lowest BCUT2D eigenvalue weighted by Gasteiger charge is -2.17. The van der Waals surface area contributed by atoms with Gasteiger partial charge in [-0.15, -0.1) is 0 Å². The molecule has 0 saturated heterocycles. The number of likely N-dealkylation sites (N-methyl/N-ethyl adjacent to an activating group) is 1. The molecule has 0 aromatic carbocycles. The monoisotopic (exact) mass is 336 g/mol. The van der Waals surface area contributed by atoms with Gasteiger partial charge < -0.3 is 14.6 Å². The minimum absolute atomic E-state index is 0.0301. The summed E-state index contributed by atoms with van der Waals surface area (Å²) in [5.74, 6) is 1.43. The van der Waals surface area contributed by atoms with Gasteiger partial charge in [0.05, 0.1) is 12.8 Å². The summed E-state index contributed by atoms with van der Waals surface area (Å²) in [4.78, 5) is 22.5. The van der Waals surface area contributed by atoms with Crippen LogP contribution in [0.1, 0.15) is 21.7 Å². The molecule has 0 bridgehead atoms. The summed E-state index contributed by atoms with van der Waals surface area (Å²) in [6, 6.07) is 11.1. The van der Waals surface area contributed by atoms with E-state index < -0.39 is 0 Å². The molecule has 1 N–H and O–H groups in total. The van der Waals surface area contributed by atoms with Crippen molar-refractivity contribution in [2.24, 2.45) is 0 Å². The number of nitrogens with one attached hydrogen (secondary N) is 1. The minimum atomic E-state index is -0.0301. The van der Waals surface area contributed by atoms with E-state index in [4.69, 9.17) is 4.42 Å². The number of nitrogens with zero attached hydrogens (tertiary/aromatic N) is 3. The number of rotatable bonds is 7. The predicted octanol–water partition coefficient (Wildman–Crippen LogP) is 3.00. The van der Waals surface area contributed by atoms with E-state index in [9.17, 15) is 4.79 Å². The molecule has 0 fully saturated rings. The van der Waals surface area contributed by atoms with Gasteiger partial charge in [-0.2, -0.15) is 0 Å². The van der Waals surface area contributed by atoms with Crippen LogP contribution in [0.3, 0.4) is 0 Å². The molecular formula is C19H20N4O2. The first-order valence-corrected chi connectivity index (χ1v) is 8.09. The zero-order valence-corrected chi connectivity index (χ0v) is 14.1. The largest absolute Gasteiger partial charge is 0.467 e. The highest BCUT2D eigenvalue weighted by atomic mass is 16.3. The molecule has 0 saturated carbocycles. The molecule has 3 aromatic heterocycles. The zero-order chi connectivity index (χ0) is 17.5. The second-order valence-corrected chi connectivity index (χ2v) is 5.69. The van der Waals surface area contributed by atoms with Crippen molar-refractivity contribution in [3.8, 4) is 0 Å². The number of aromatic nitrogens is 2. The molecule has 1 amide bonds. The third kappa shape index (κ3) is 4.67. The summed E-state index contributed by atoms with van der Waals surface area (Å²) < 4.78 is 5.28. The van der Waals surface area contributed by atoms with E-state index in [-0.39, 0.29) is 5.91 Å². The van der Waals surface area contributed by atoms with Crippen LogP contribution in [0.4, 0.5) is 5.82 Å². The average molecular weight is 336 g/mol.